The van der Waals surface area contributed by atoms with Crippen LogP contribution in [0.15, 0.2) is 12.1 Å². The summed E-state index contributed by atoms with van der Waals surface area (Å²) >= 11 is 22.1. The zero-order chi connectivity index (χ0) is 14.8. The van der Waals surface area contributed by atoms with Crippen LogP contribution in [0.3, 0.4) is 0 Å². The molecule has 1 aromatic carbocycles. The van der Waals surface area contributed by atoms with Crippen LogP contribution in [-0.2, 0) is 0 Å². The predicted molar refractivity (Wildman–Crippen MR) is 93.1 cm³/mol. The fourth-order valence-corrected chi connectivity index (χ4v) is 3.09. The summed E-state index contributed by atoms with van der Waals surface area (Å²) in [6, 6.07) is 3.29. The highest BCUT2D eigenvalue weighted by Gasteiger charge is 2.08. The molecule has 0 aliphatic heterocycles. The lowest BCUT2D eigenvalue weighted by molar-refractivity contribution is 0.304. The Morgan fingerprint density at radius 1 is 0.800 bits per heavy atom. The number of hydrogen-bond acceptors (Lipinski definition) is 2. The lowest BCUT2D eigenvalue weighted by Gasteiger charge is -2.10. The van der Waals surface area contributed by atoms with E-state index in [-0.39, 0.29) is 0 Å². The number of ether oxygens (including phenoxy) is 1. The Balaban J connectivity index is 2.13. The van der Waals surface area contributed by atoms with E-state index in [0.717, 1.165) is 12.2 Å². The maximum absolute atomic E-state index is 6.05. The lowest BCUT2D eigenvalue weighted by Crippen LogP contribution is -1.98. The van der Waals surface area contributed by atoms with E-state index in [2.05, 4.69) is 12.6 Å². The van der Waals surface area contributed by atoms with Gasteiger partial charge in [0.25, 0.3) is 0 Å². The molecular formula is C15H21Cl3OS. The monoisotopic (exact) mass is 354 g/mol. The van der Waals surface area contributed by atoms with Crippen molar-refractivity contribution < 1.29 is 4.74 Å². The summed E-state index contributed by atoms with van der Waals surface area (Å²) in [6.45, 7) is 0.637. The molecular weight excluding hydrogens is 335 g/mol. The number of thiol groups is 1. The fourth-order valence-electron chi connectivity index (χ4n) is 1.94. The number of hydrogen-bond donors (Lipinski definition) is 1. The van der Waals surface area contributed by atoms with Crippen molar-refractivity contribution in [3.05, 3.63) is 27.2 Å². The molecule has 5 heteroatoms. The van der Waals surface area contributed by atoms with Gasteiger partial charge in [0.15, 0.2) is 5.75 Å². The summed E-state index contributed by atoms with van der Waals surface area (Å²) in [5.41, 5.74) is 0. The van der Waals surface area contributed by atoms with Gasteiger partial charge in [-0.3, -0.25) is 0 Å². The molecule has 0 spiro atoms. The molecule has 0 saturated carbocycles. The van der Waals surface area contributed by atoms with E-state index in [1.807, 2.05) is 0 Å². The second-order valence-electron chi connectivity index (χ2n) is 4.75. The third-order valence-corrected chi connectivity index (χ3v) is 4.11. The molecule has 0 aliphatic carbocycles. The van der Waals surface area contributed by atoms with Crippen molar-refractivity contribution in [1.82, 2.24) is 0 Å². The maximum Gasteiger partial charge on any atom is 0.156 e. The van der Waals surface area contributed by atoms with Crippen molar-refractivity contribution in [2.45, 2.75) is 44.9 Å². The molecule has 0 aromatic heterocycles. The van der Waals surface area contributed by atoms with Crippen LogP contribution in [0.5, 0.6) is 5.75 Å². The van der Waals surface area contributed by atoms with Crippen molar-refractivity contribution in [2.24, 2.45) is 0 Å². The summed E-state index contributed by atoms with van der Waals surface area (Å²) in [6.07, 6.45) is 8.53. The minimum atomic E-state index is 0.467. The Kier molecular flexibility index (Phi) is 9.96. The van der Waals surface area contributed by atoms with Gasteiger partial charge in [0, 0.05) is 5.02 Å². The van der Waals surface area contributed by atoms with E-state index in [9.17, 15) is 0 Å². The van der Waals surface area contributed by atoms with Crippen molar-refractivity contribution in [2.75, 3.05) is 12.4 Å². The highest BCUT2D eigenvalue weighted by atomic mass is 35.5. The van der Waals surface area contributed by atoms with Gasteiger partial charge >= 0.3 is 0 Å². The van der Waals surface area contributed by atoms with E-state index in [0.29, 0.717) is 27.4 Å². The van der Waals surface area contributed by atoms with Crippen molar-refractivity contribution in [1.29, 1.82) is 0 Å². The molecule has 1 rings (SSSR count). The normalized spacial score (nSPS) is 10.8. The van der Waals surface area contributed by atoms with Crippen LogP contribution in [0.2, 0.25) is 15.1 Å². The van der Waals surface area contributed by atoms with Crippen LogP contribution < -0.4 is 4.74 Å². The molecule has 114 valence electrons. The highest BCUT2D eigenvalue weighted by molar-refractivity contribution is 7.80. The summed E-state index contributed by atoms with van der Waals surface area (Å²) in [7, 11) is 0. The van der Waals surface area contributed by atoms with E-state index in [1.54, 1.807) is 12.1 Å². The number of benzene rings is 1. The van der Waals surface area contributed by atoms with Crippen LogP contribution in [0.4, 0.5) is 0 Å². The van der Waals surface area contributed by atoms with Crippen molar-refractivity contribution in [3.8, 4) is 5.75 Å². The molecule has 0 amide bonds. The predicted octanol–water partition coefficient (Wildman–Crippen LogP) is 6.69. The minimum Gasteiger partial charge on any atom is -0.490 e. The van der Waals surface area contributed by atoms with Gasteiger partial charge in [0.05, 0.1) is 16.7 Å². The van der Waals surface area contributed by atoms with Gasteiger partial charge in [-0.15, -0.1) is 0 Å². The zero-order valence-electron chi connectivity index (χ0n) is 11.5. The van der Waals surface area contributed by atoms with Crippen LogP contribution in [0.25, 0.3) is 0 Å². The van der Waals surface area contributed by atoms with Gasteiger partial charge < -0.3 is 4.74 Å². The average molecular weight is 356 g/mol. The standard InChI is InChI=1S/C15H21Cl3OS/c16-12-10-13(17)15(14(18)11-12)19-8-6-4-2-1-3-5-7-9-20/h10-11,20H,1-9H2. The molecule has 0 heterocycles. The molecule has 1 nitrogen and oxygen atoms in total. The van der Waals surface area contributed by atoms with E-state index < -0.39 is 0 Å². The molecule has 0 fully saturated rings. The van der Waals surface area contributed by atoms with Gasteiger partial charge in [-0.2, -0.15) is 12.6 Å². The maximum atomic E-state index is 6.05. The fraction of sp³-hybridized carbons (Fsp3) is 0.600. The van der Waals surface area contributed by atoms with Gasteiger partial charge in [0.1, 0.15) is 0 Å². The summed E-state index contributed by atoms with van der Waals surface area (Å²) in [5, 5.41) is 1.46. The Labute approximate surface area is 142 Å². The van der Waals surface area contributed by atoms with Crippen molar-refractivity contribution in [3.63, 3.8) is 0 Å². The quantitative estimate of drug-likeness (QED) is 0.363. The van der Waals surface area contributed by atoms with Crippen LogP contribution in [0.1, 0.15) is 44.9 Å². The molecule has 0 unspecified atom stereocenters. The second-order valence-corrected chi connectivity index (χ2v) is 6.44. The summed E-state index contributed by atoms with van der Waals surface area (Å²) in [4.78, 5) is 0. The summed E-state index contributed by atoms with van der Waals surface area (Å²) < 4.78 is 5.64. The van der Waals surface area contributed by atoms with Crippen molar-refractivity contribution >= 4 is 47.4 Å². The largest absolute Gasteiger partial charge is 0.490 e. The Bertz CT molecular complexity index is 376. The van der Waals surface area contributed by atoms with Crippen LogP contribution >= 0.6 is 47.4 Å². The molecule has 0 radical (unpaired) electrons. The van der Waals surface area contributed by atoms with E-state index in [1.165, 1.54) is 38.5 Å². The van der Waals surface area contributed by atoms with E-state index in [4.69, 9.17) is 39.5 Å². The molecule has 0 bridgehead atoms. The van der Waals surface area contributed by atoms with Crippen LogP contribution in [0, 0.1) is 0 Å². The number of rotatable bonds is 10. The average Bonchev–Trinajstić information content (AvgIpc) is 2.39. The molecule has 0 N–H and O–H groups in total. The number of halogens is 3. The number of unbranched alkanes of at least 4 members (excludes halogenated alkanes) is 6. The SMILES string of the molecule is SCCCCCCCCCOc1c(Cl)cc(Cl)cc1Cl. The second kappa shape index (κ2) is 10.9. The summed E-state index contributed by atoms with van der Waals surface area (Å²) in [5.74, 6) is 1.53. The first-order valence-electron chi connectivity index (χ1n) is 7.03. The van der Waals surface area contributed by atoms with Gasteiger partial charge in [0.2, 0.25) is 0 Å². The first-order chi connectivity index (χ1) is 9.65. The third kappa shape index (κ3) is 7.31. The van der Waals surface area contributed by atoms with Crippen LogP contribution in [-0.4, -0.2) is 12.4 Å². The zero-order valence-corrected chi connectivity index (χ0v) is 14.7. The van der Waals surface area contributed by atoms with Gasteiger partial charge in [-0.05, 0) is 30.7 Å². The Hall–Kier alpha value is 0.240. The smallest absolute Gasteiger partial charge is 0.156 e. The first-order valence-corrected chi connectivity index (χ1v) is 8.80. The molecule has 0 aliphatic rings. The van der Waals surface area contributed by atoms with Gasteiger partial charge in [-0.25, -0.2) is 0 Å². The Morgan fingerprint density at radius 3 is 1.85 bits per heavy atom. The Morgan fingerprint density at radius 2 is 1.30 bits per heavy atom. The first kappa shape index (κ1) is 18.3. The molecule has 0 saturated heterocycles. The third-order valence-electron chi connectivity index (χ3n) is 3.01. The highest BCUT2D eigenvalue weighted by Crippen LogP contribution is 2.35. The lowest BCUT2D eigenvalue weighted by atomic mass is 10.1. The van der Waals surface area contributed by atoms with E-state index >= 15 is 0 Å². The molecule has 20 heavy (non-hydrogen) atoms. The topological polar surface area (TPSA) is 9.23 Å². The minimum absolute atomic E-state index is 0.467. The van der Waals surface area contributed by atoms with Gasteiger partial charge in [-0.1, -0.05) is 66.9 Å². The molecule has 0 atom stereocenters. The molecule has 1 aromatic rings.